The molecular weight excluding hydrogens is 190 g/mol. The molecule has 3 heteroatoms. The van der Waals surface area contributed by atoms with Gasteiger partial charge in [0.15, 0.2) is 0 Å². The van der Waals surface area contributed by atoms with Crippen LogP contribution in [0.3, 0.4) is 0 Å². The van der Waals surface area contributed by atoms with Gasteiger partial charge in [-0.3, -0.25) is 4.90 Å². The van der Waals surface area contributed by atoms with Crippen LogP contribution < -0.4 is 0 Å². The van der Waals surface area contributed by atoms with Crippen molar-refractivity contribution >= 4 is 0 Å². The Kier molecular flexibility index (Phi) is 2.31. The second kappa shape index (κ2) is 3.44. The fraction of sp³-hybridized carbons (Fsp3) is 1.00. The van der Waals surface area contributed by atoms with Gasteiger partial charge in [0.05, 0.1) is 11.7 Å². The lowest BCUT2D eigenvalue weighted by molar-refractivity contribution is -0.0830. The smallest absolute Gasteiger partial charge is 0.0774 e. The van der Waals surface area contributed by atoms with Crippen molar-refractivity contribution in [2.45, 2.75) is 68.7 Å². The molecule has 15 heavy (non-hydrogen) atoms. The Bertz CT molecular complexity index is 238. The Hall–Kier alpha value is -0.120. The molecule has 3 aliphatic rings. The van der Waals surface area contributed by atoms with E-state index in [1.165, 1.54) is 19.3 Å². The fourth-order valence-electron chi connectivity index (χ4n) is 3.59. The number of aliphatic hydroxyl groups excluding tert-OH is 1. The maximum atomic E-state index is 10.2. The van der Waals surface area contributed by atoms with E-state index in [4.69, 9.17) is 0 Å². The van der Waals surface area contributed by atoms with Crippen molar-refractivity contribution in [1.29, 1.82) is 0 Å². The molecule has 3 nitrogen and oxygen atoms in total. The van der Waals surface area contributed by atoms with E-state index in [0.29, 0.717) is 12.1 Å². The summed E-state index contributed by atoms with van der Waals surface area (Å²) < 4.78 is 0. The second-order valence-electron chi connectivity index (χ2n) is 5.76. The summed E-state index contributed by atoms with van der Waals surface area (Å²) in [5, 5.41) is 19.9. The van der Waals surface area contributed by atoms with Gasteiger partial charge in [-0.1, -0.05) is 0 Å². The predicted octanol–water partition coefficient (Wildman–Crippen LogP) is 0.889. The van der Waals surface area contributed by atoms with Gasteiger partial charge in [-0.2, -0.15) is 0 Å². The molecule has 1 saturated carbocycles. The quantitative estimate of drug-likeness (QED) is 0.713. The van der Waals surface area contributed by atoms with Crippen LogP contribution in [0.25, 0.3) is 0 Å². The summed E-state index contributed by atoms with van der Waals surface area (Å²) in [6.07, 6.45) is 7.34. The minimum Gasteiger partial charge on any atom is -0.393 e. The summed E-state index contributed by atoms with van der Waals surface area (Å²) >= 11 is 0. The summed E-state index contributed by atoms with van der Waals surface area (Å²) in [6, 6.07) is 1.09. The lowest BCUT2D eigenvalue weighted by atomic mass is 9.79. The van der Waals surface area contributed by atoms with E-state index in [9.17, 15) is 10.2 Å². The maximum Gasteiger partial charge on any atom is 0.0774 e. The van der Waals surface area contributed by atoms with E-state index in [1.807, 2.05) is 0 Å². The van der Waals surface area contributed by atoms with Gasteiger partial charge >= 0.3 is 0 Å². The van der Waals surface area contributed by atoms with Crippen molar-refractivity contribution in [1.82, 2.24) is 4.90 Å². The summed E-state index contributed by atoms with van der Waals surface area (Å²) in [4.78, 5) is 2.48. The highest BCUT2D eigenvalue weighted by Crippen LogP contribution is 2.40. The molecule has 1 aliphatic carbocycles. The van der Waals surface area contributed by atoms with Crippen molar-refractivity contribution in [3.63, 3.8) is 0 Å². The Morgan fingerprint density at radius 1 is 1.13 bits per heavy atom. The zero-order chi connectivity index (χ0) is 10.5. The van der Waals surface area contributed by atoms with Gasteiger partial charge in [-0.15, -0.1) is 0 Å². The van der Waals surface area contributed by atoms with E-state index in [-0.39, 0.29) is 11.7 Å². The van der Waals surface area contributed by atoms with E-state index in [1.54, 1.807) is 0 Å². The molecule has 0 aromatic carbocycles. The monoisotopic (exact) mass is 211 g/mol. The summed E-state index contributed by atoms with van der Waals surface area (Å²) in [6.45, 7) is 0.856. The molecule has 2 N–H and O–H groups in total. The van der Waals surface area contributed by atoms with Gasteiger partial charge in [0.1, 0.15) is 0 Å². The maximum absolute atomic E-state index is 10.2. The second-order valence-corrected chi connectivity index (χ2v) is 5.76. The van der Waals surface area contributed by atoms with Crippen LogP contribution in [0.4, 0.5) is 0 Å². The van der Waals surface area contributed by atoms with Crippen LogP contribution in [-0.2, 0) is 0 Å². The summed E-state index contributed by atoms with van der Waals surface area (Å²) in [7, 11) is 0. The zero-order valence-corrected chi connectivity index (χ0v) is 9.23. The number of fused-ring (bicyclic) bond motifs is 2. The number of hydrogen-bond donors (Lipinski definition) is 2. The minimum absolute atomic E-state index is 0.0882. The van der Waals surface area contributed by atoms with Crippen LogP contribution in [0.15, 0.2) is 0 Å². The molecule has 2 bridgehead atoms. The molecule has 86 valence electrons. The third-order valence-electron chi connectivity index (χ3n) is 4.62. The lowest BCUT2D eigenvalue weighted by Crippen LogP contribution is -2.54. The number of aliphatic hydroxyl groups is 2. The first-order valence-corrected chi connectivity index (χ1v) is 6.32. The van der Waals surface area contributed by atoms with Crippen LogP contribution in [0.1, 0.15) is 44.9 Å². The average molecular weight is 211 g/mol. The largest absolute Gasteiger partial charge is 0.393 e. The van der Waals surface area contributed by atoms with Gasteiger partial charge < -0.3 is 10.2 Å². The van der Waals surface area contributed by atoms with Crippen LogP contribution in [-0.4, -0.2) is 45.4 Å². The molecule has 0 amide bonds. The van der Waals surface area contributed by atoms with Crippen LogP contribution in [0.5, 0.6) is 0 Å². The molecule has 0 aromatic heterocycles. The van der Waals surface area contributed by atoms with E-state index in [2.05, 4.69) is 4.90 Å². The van der Waals surface area contributed by atoms with Crippen LogP contribution in [0.2, 0.25) is 0 Å². The van der Waals surface area contributed by atoms with Gasteiger partial charge in [0, 0.05) is 18.6 Å². The first kappa shape index (κ1) is 10.1. The van der Waals surface area contributed by atoms with Crippen molar-refractivity contribution in [3.05, 3.63) is 0 Å². The third kappa shape index (κ3) is 1.71. The number of piperidine rings is 1. The summed E-state index contributed by atoms with van der Waals surface area (Å²) in [5.41, 5.74) is -0.386. The van der Waals surface area contributed by atoms with E-state index < -0.39 is 0 Å². The van der Waals surface area contributed by atoms with Crippen LogP contribution in [0, 0.1) is 0 Å². The number of hydrogen-bond acceptors (Lipinski definition) is 3. The number of rotatable bonds is 2. The molecule has 3 rings (SSSR count). The van der Waals surface area contributed by atoms with Crippen molar-refractivity contribution < 1.29 is 10.2 Å². The highest BCUT2D eigenvalue weighted by Gasteiger charge is 2.45. The molecular formula is C12H21NO2. The van der Waals surface area contributed by atoms with E-state index >= 15 is 0 Å². The highest BCUT2D eigenvalue weighted by molar-refractivity contribution is 5.00. The standard InChI is InChI=1S/C12H21NO2/c14-11-6-9-2-3-10(7-11)13(9)8-12(15)4-1-5-12/h9-11,14-15H,1-8H2. The molecule has 0 radical (unpaired) electrons. The van der Waals surface area contributed by atoms with Gasteiger partial charge in [0.25, 0.3) is 0 Å². The topological polar surface area (TPSA) is 43.7 Å². The molecule has 2 heterocycles. The van der Waals surface area contributed by atoms with Crippen LogP contribution >= 0.6 is 0 Å². The molecule has 0 aromatic rings. The minimum atomic E-state index is -0.386. The number of nitrogens with zero attached hydrogens (tertiary/aromatic N) is 1. The molecule has 2 saturated heterocycles. The van der Waals surface area contributed by atoms with E-state index in [0.717, 1.165) is 32.2 Å². The van der Waals surface area contributed by atoms with Gasteiger partial charge in [0.2, 0.25) is 0 Å². The molecule has 2 atom stereocenters. The molecule has 0 spiro atoms. The average Bonchev–Trinajstić information content (AvgIpc) is 2.39. The lowest BCUT2D eigenvalue weighted by Gasteiger charge is -2.45. The van der Waals surface area contributed by atoms with Crippen molar-refractivity contribution in [3.8, 4) is 0 Å². The molecule has 2 aliphatic heterocycles. The van der Waals surface area contributed by atoms with Crippen molar-refractivity contribution in [2.75, 3.05) is 6.54 Å². The Labute approximate surface area is 91.1 Å². The molecule has 2 unspecified atom stereocenters. The Morgan fingerprint density at radius 3 is 2.20 bits per heavy atom. The fourth-order valence-corrected chi connectivity index (χ4v) is 3.59. The van der Waals surface area contributed by atoms with Crippen molar-refractivity contribution in [2.24, 2.45) is 0 Å². The first-order chi connectivity index (χ1) is 7.16. The molecule has 3 fully saturated rings. The highest BCUT2D eigenvalue weighted by atomic mass is 16.3. The first-order valence-electron chi connectivity index (χ1n) is 6.32. The zero-order valence-electron chi connectivity index (χ0n) is 9.23. The normalized spacial score (nSPS) is 44.0. The van der Waals surface area contributed by atoms with Gasteiger partial charge in [-0.05, 0) is 44.9 Å². The Balaban J connectivity index is 1.67. The summed E-state index contributed by atoms with van der Waals surface area (Å²) in [5.74, 6) is 0. The SMILES string of the molecule is OC1CC2CCC(C1)N2CC1(O)CCC1. The third-order valence-corrected chi connectivity index (χ3v) is 4.62. The predicted molar refractivity (Wildman–Crippen MR) is 57.6 cm³/mol. The Morgan fingerprint density at radius 2 is 1.73 bits per heavy atom. The van der Waals surface area contributed by atoms with Gasteiger partial charge in [-0.25, -0.2) is 0 Å².